The van der Waals surface area contributed by atoms with Gasteiger partial charge in [0.15, 0.2) is 0 Å². The third kappa shape index (κ3) is 2.35. The molecule has 0 aromatic carbocycles. The zero-order chi connectivity index (χ0) is 15.8. The molecule has 2 aromatic heterocycles. The SMILES string of the molecule is COc1ncccc1C(=O)N1CC[C@H]2OCc3cnnn3[C@H]2C1. The number of aromatic nitrogens is 4. The Hall–Kier alpha value is -2.48. The number of hydrogen-bond donors (Lipinski definition) is 0. The molecule has 4 rings (SSSR count). The summed E-state index contributed by atoms with van der Waals surface area (Å²) in [6.45, 7) is 1.71. The third-order valence-corrected chi connectivity index (χ3v) is 4.41. The zero-order valence-corrected chi connectivity index (χ0v) is 12.8. The lowest BCUT2D eigenvalue weighted by Crippen LogP contribution is -2.50. The number of nitrogens with zero attached hydrogens (tertiary/aromatic N) is 5. The Morgan fingerprint density at radius 1 is 1.48 bits per heavy atom. The normalized spacial score (nSPS) is 23.1. The number of carbonyl (C=O) groups is 1. The number of pyridine rings is 1. The number of ether oxygens (including phenoxy) is 2. The second-order valence-corrected chi connectivity index (χ2v) is 5.69. The van der Waals surface area contributed by atoms with Crippen molar-refractivity contribution in [1.82, 2.24) is 24.9 Å². The molecule has 2 aromatic rings. The molecule has 2 aliphatic heterocycles. The Bertz CT molecular complexity index is 731. The smallest absolute Gasteiger partial charge is 0.259 e. The van der Waals surface area contributed by atoms with Gasteiger partial charge in [-0.25, -0.2) is 9.67 Å². The fourth-order valence-corrected chi connectivity index (χ4v) is 3.25. The fraction of sp³-hybridized carbons (Fsp3) is 0.467. The Labute approximate surface area is 133 Å². The number of rotatable bonds is 2. The summed E-state index contributed by atoms with van der Waals surface area (Å²) in [4.78, 5) is 18.7. The van der Waals surface area contributed by atoms with E-state index in [2.05, 4.69) is 15.3 Å². The van der Waals surface area contributed by atoms with Gasteiger partial charge in [0.25, 0.3) is 5.91 Å². The topological polar surface area (TPSA) is 82.4 Å². The van der Waals surface area contributed by atoms with Crippen molar-refractivity contribution >= 4 is 5.91 Å². The third-order valence-electron chi connectivity index (χ3n) is 4.41. The highest BCUT2D eigenvalue weighted by atomic mass is 16.5. The van der Waals surface area contributed by atoms with E-state index in [1.807, 2.05) is 4.68 Å². The van der Waals surface area contributed by atoms with Crippen LogP contribution in [-0.4, -0.2) is 57.1 Å². The summed E-state index contributed by atoms with van der Waals surface area (Å²) < 4.78 is 12.9. The van der Waals surface area contributed by atoms with Crippen LogP contribution in [0.25, 0.3) is 0 Å². The fourth-order valence-electron chi connectivity index (χ4n) is 3.25. The van der Waals surface area contributed by atoms with Crippen molar-refractivity contribution in [3.05, 3.63) is 35.8 Å². The van der Waals surface area contributed by atoms with Crippen LogP contribution in [0.15, 0.2) is 24.5 Å². The van der Waals surface area contributed by atoms with Crippen molar-refractivity contribution < 1.29 is 14.3 Å². The van der Waals surface area contributed by atoms with Crippen molar-refractivity contribution in [3.8, 4) is 5.88 Å². The number of fused-ring (bicyclic) bond motifs is 3. The molecule has 1 amide bonds. The first kappa shape index (κ1) is 14.1. The van der Waals surface area contributed by atoms with Crippen LogP contribution in [0.2, 0.25) is 0 Å². The summed E-state index contributed by atoms with van der Waals surface area (Å²) >= 11 is 0. The largest absolute Gasteiger partial charge is 0.480 e. The van der Waals surface area contributed by atoms with E-state index in [1.54, 1.807) is 29.4 Å². The van der Waals surface area contributed by atoms with Gasteiger partial charge in [-0.15, -0.1) is 5.10 Å². The number of methoxy groups -OCH3 is 1. The lowest BCUT2D eigenvalue weighted by atomic mass is 9.99. The highest BCUT2D eigenvalue weighted by Crippen LogP contribution is 2.31. The van der Waals surface area contributed by atoms with E-state index in [-0.39, 0.29) is 18.1 Å². The standard InChI is InChI=1S/C15H17N5O3/c1-22-14-11(3-2-5-16-14)15(21)19-6-4-13-12(8-19)20-10(9-23-13)7-17-18-20/h2-3,5,7,12-13H,4,6,8-9H2,1H3/t12-,13+/m0/s1. The quantitative estimate of drug-likeness (QED) is 0.810. The first-order valence-corrected chi connectivity index (χ1v) is 7.57. The summed E-state index contributed by atoms with van der Waals surface area (Å²) in [5.41, 5.74) is 1.42. The molecule has 1 fully saturated rings. The van der Waals surface area contributed by atoms with Crippen molar-refractivity contribution in [2.24, 2.45) is 0 Å². The highest BCUT2D eigenvalue weighted by Gasteiger charge is 2.38. The van der Waals surface area contributed by atoms with Crippen molar-refractivity contribution in [2.45, 2.75) is 25.2 Å². The molecular formula is C15H17N5O3. The molecule has 0 aliphatic carbocycles. The number of hydrogen-bond acceptors (Lipinski definition) is 6. The van der Waals surface area contributed by atoms with Crippen LogP contribution >= 0.6 is 0 Å². The van der Waals surface area contributed by atoms with Gasteiger partial charge in [0.2, 0.25) is 5.88 Å². The van der Waals surface area contributed by atoms with Crippen LogP contribution in [0.1, 0.15) is 28.5 Å². The first-order chi connectivity index (χ1) is 11.3. The maximum atomic E-state index is 12.8. The molecule has 8 nitrogen and oxygen atoms in total. The van der Waals surface area contributed by atoms with Crippen LogP contribution < -0.4 is 4.74 Å². The van der Waals surface area contributed by atoms with Crippen LogP contribution in [0.3, 0.4) is 0 Å². The van der Waals surface area contributed by atoms with E-state index in [0.29, 0.717) is 31.1 Å². The maximum Gasteiger partial charge on any atom is 0.259 e. The molecule has 2 atom stereocenters. The Morgan fingerprint density at radius 3 is 3.26 bits per heavy atom. The Kier molecular flexibility index (Phi) is 3.45. The summed E-state index contributed by atoms with van der Waals surface area (Å²) in [5, 5.41) is 8.10. The average molecular weight is 315 g/mol. The van der Waals surface area contributed by atoms with E-state index in [1.165, 1.54) is 7.11 Å². The van der Waals surface area contributed by atoms with Crippen LogP contribution in [0.5, 0.6) is 5.88 Å². The molecular weight excluding hydrogens is 298 g/mol. The van der Waals surface area contributed by atoms with E-state index >= 15 is 0 Å². The van der Waals surface area contributed by atoms with E-state index < -0.39 is 0 Å². The number of likely N-dealkylation sites (tertiary alicyclic amines) is 1. The minimum Gasteiger partial charge on any atom is -0.480 e. The zero-order valence-electron chi connectivity index (χ0n) is 12.8. The van der Waals surface area contributed by atoms with Gasteiger partial charge < -0.3 is 14.4 Å². The molecule has 0 unspecified atom stereocenters. The van der Waals surface area contributed by atoms with Gasteiger partial charge in [-0.3, -0.25) is 4.79 Å². The first-order valence-electron chi connectivity index (χ1n) is 7.57. The average Bonchev–Trinajstić information content (AvgIpc) is 3.09. The van der Waals surface area contributed by atoms with Crippen molar-refractivity contribution in [1.29, 1.82) is 0 Å². The lowest BCUT2D eigenvalue weighted by molar-refractivity contribution is -0.0605. The Morgan fingerprint density at radius 2 is 2.39 bits per heavy atom. The summed E-state index contributed by atoms with van der Waals surface area (Å²) in [6, 6.07) is 3.47. The number of amides is 1. The van der Waals surface area contributed by atoms with Gasteiger partial charge in [0.05, 0.1) is 37.8 Å². The van der Waals surface area contributed by atoms with Crippen molar-refractivity contribution in [3.63, 3.8) is 0 Å². The molecule has 120 valence electrons. The molecule has 2 aliphatic rings. The van der Waals surface area contributed by atoms with Crippen LogP contribution in [0.4, 0.5) is 0 Å². The van der Waals surface area contributed by atoms with Crippen LogP contribution in [-0.2, 0) is 11.3 Å². The number of carbonyl (C=O) groups excluding carboxylic acids is 1. The second kappa shape index (κ2) is 5.62. The molecule has 4 heterocycles. The monoisotopic (exact) mass is 315 g/mol. The summed E-state index contributed by atoms with van der Waals surface area (Å²) in [5.74, 6) is 0.265. The highest BCUT2D eigenvalue weighted by molar-refractivity contribution is 5.96. The predicted molar refractivity (Wildman–Crippen MR) is 78.9 cm³/mol. The molecule has 0 N–H and O–H groups in total. The molecule has 0 saturated carbocycles. The van der Waals surface area contributed by atoms with Gasteiger partial charge in [0.1, 0.15) is 5.56 Å². The molecule has 23 heavy (non-hydrogen) atoms. The second-order valence-electron chi connectivity index (χ2n) is 5.69. The van der Waals surface area contributed by atoms with Gasteiger partial charge in [-0.2, -0.15) is 0 Å². The maximum absolute atomic E-state index is 12.8. The van der Waals surface area contributed by atoms with Gasteiger partial charge in [-0.05, 0) is 18.6 Å². The summed E-state index contributed by atoms with van der Waals surface area (Å²) in [7, 11) is 1.52. The van der Waals surface area contributed by atoms with Gasteiger partial charge in [-0.1, -0.05) is 5.21 Å². The molecule has 0 bridgehead atoms. The minimum absolute atomic E-state index is 0.00150. The van der Waals surface area contributed by atoms with Gasteiger partial charge in [0, 0.05) is 19.3 Å². The number of piperidine rings is 1. The van der Waals surface area contributed by atoms with Gasteiger partial charge >= 0.3 is 0 Å². The lowest BCUT2D eigenvalue weighted by Gasteiger charge is -2.41. The van der Waals surface area contributed by atoms with E-state index in [9.17, 15) is 4.79 Å². The van der Waals surface area contributed by atoms with E-state index in [0.717, 1.165) is 12.1 Å². The molecule has 0 spiro atoms. The Balaban J connectivity index is 1.59. The molecule has 0 radical (unpaired) electrons. The molecule has 1 saturated heterocycles. The van der Waals surface area contributed by atoms with Crippen LogP contribution in [0, 0.1) is 0 Å². The molecule has 8 heteroatoms. The summed E-state index contributed by atoms with van der Waals surface area (Å²) in [6.07, 6.45) is 4.17. The predicted octanol–water partition coefficient (Wildman–Crippen LogP) is 0.668. The van der Waals surface area contributed by atoms with Crippen molar-refractivity contribution in [2.75, 3.05) is 20.2 Å². The van der Waals surface area contributed by atoms with E-state index in [4.69, 9.17) is 9.47 Å². The minimum atomic E-state index is -0.0827.